The molecular formula is C25H22ClFN4O3S. The first kappa shape index (κ1) is 23.6. The van der Waals surface area contributed by atoms with E-state index in [9.17, 15) is 15.2 Å². The Morgan fingerprint density at radius 2 is 2.20 bits per heavy atom. The number of hydrogen-bond acceptors (Lipinski definition) is 7. The number of ether oxygens (including phenoxy) is 1. The lowest BCUT2D eigenvalue weighted by Gasteiger charge is -2.43. The van der Waals surface area contributed by atoms with Crippen LogP contribution >= 0.6 is 22.9 Å². The molecule has 2 atom stereocenters. The van der Waals surface area contributed by atoms with E-state index in [0.717, 1.165) is 4.70 Å². The number of fused-ring (bicyclic) bond motifs is 3. The molecule has 2 aromatic carbocycles. The van der Waals surface area contributed by atoms with E-state index in [2.05, 4.69) is 12.6 Å². The maximum Gasteiger partial charge on any atom is 0.258 e. The van der Waals surface area contributed by atoms with E-state index in [1.54, 1.807) is 17.0 Å². The number of thiophene rings is 1. The lowest BCUT2D eigenvalue weighted by Crippen LogP contribution is -2.58. The number of halogens is 2. The summed E-state index contributed by atoms with van der Waals surface area (Å²) in [5, 5.41) is 20.7. The number of nitriles is 1. The van der Waals surface area contributed by atoms with Crippen LogP contribution < -0.4 is 10.5 Å². The molecule has 35 heavy (non-hydrogen) atoms. The Bertz CT molecular complexity index is 1400. The summed E-state index contributed by atoms with van der Waals surface area (Å²) >= 11 is 7.84. The summed E-state index contributed by atoms with van der Waals surface area (Å²) in [7, 11) is 0. The van der Waals surface area contributed by atoms with Gasteiger partial charge in [0.1, 0.15) is 17.3 Å². The summed E-state index contributed by atoms with van der Waals surface area (Å²) in [5.41, 5.74) is 6.82. The average molecular weight is 513 g/mol. The van der Waals surface area contributed by atoms with Crippen molar-refractivity contribution in [1.82, 2.24) is 9.80 Å². The maximum atomic E-state index is 16.1. The van der Waals surface area contributed by atoms with Crippen LogP contribution in [0.5, 0.6) is 5.75 Å². The quantitative estimate of drug-likeness (QED) is 0.509. The van der Waals surface area contributed by atoms with Crippen molar-refractivity contribution in [3.05, 3.63) is 58.9 Å². The molecule has 1 aromatic heterocycles. The topological polar surface area (TPSA) is 103 Å². The van der Waals surface area contributed by atoms with Gasteiger partial charge in [0.2, 0.25) is 0 Å². The fourth-order valence-corrected chi connectivity index (χ4v) is 6.11. The minimum Gasteiger partial charge on any atom is -0.490 e. The first-order valence-electron chi connectivity index (χ1n) is 11.1. The van der Waals surface area contributed by atoms with Crippen LogP contribution in [0.2, 0.25) is 5.02 Å². The predicted octanol–water partition coefficient (Wildman–Crippen LogP) is 4.23. The van der Waals surface area contributed by atoms with Crippen molar-refractivity contribution in [3.8, 4) is 22.9 Å². The highest BCUT2D eigenvalue weighted by molar-refractivity contribution is 7.23. The Morgan fingerprint density at radius 1 is 1.40 bits per heavy atom. The molecule has 3 aromatic rings. The molecule has 1 fully saturated rings. The molecular weight excluding hydrogens is 491 g/mol. The molecule has 0 saturated carbocycles. The maximum absolute atomic E-state index is 16.1. The highest BCUT2D eigenvalue weighted by atomic mass is 35.5. The number of anilines is 1. The smallest absolute Gasteiger partial charge is 0.258 e. The lowest BCUT2D eigenvalue weighted by atomic mass is 9.96. The summed E-state index contributed by atoms with van der Waals surface area (Å²) in [6.45, 7) is 5.08. The molecule has 2 aliphatic rings. The molecule has 3 N–H and O–H groups in total. The van der Waals surface area contributed by atoms with Crippen LogP contribution in [0.15, 0.2) is 36.9 Å². The minimum absolute atomic E-state index is 0.0391. The second kappa shape index (κ2) is 9.13. The van der Waals surface area contributed by atoms with Crippen molar-refractivity contribution in [2.45, 2.75) is 18.7 Å². The van der Waals surface area contributed by atoms with E-state index >= 15 is 4.39 Å². The van der Waals surface area contributed by atoms with Gasteiger partial charge in [-0.1, -0.05) is 30.3 Å². The number of nitrogens with zero attached hydrogens (tertiary/aromatic N) is 3. The van der Waals surface area contributed by atoms with Crippen LogP contribution in [0.1, 0.15) is 22.3 Å². The van der Waals surface area contributed by atoms with E-state index in [1.165, 1.54) is 23.5 Å². The molecule has 0 spiro atoms. The van der Waals surface area contributed by atoms with Crippen molar-refractivity contribution in [1.29, 1.82) is 5.26 Å². The lowest BCUT2D eigenvalue weighted by molar-refractivity contribution is -0.0193. The third-order valence-corrected chi connectivity index (χ3v) is 7.87. The van der Waals surface area contributed by atoms with Crippen LogP contribution in [0.3, 0.4) is 0 Å². The molecule has 1 saturated heterocycles. The monoisotopic (exact) mass is 512 g/mol. The normalized spacial score (nSPS) is 19.2. The number of carbonyl (C=O) groups is 1. The first-order valence-corrected chi connectivity index (χ1v) is 12.3. The van der Waals surface area contributed by atoms with Gasteiger partial charge in [-0.25, -0.2) is 4.39 Å². The molecule has 3 heterocycles. The SMILES string of the molecule is C=CC(O)N1CCN2C(=O)c3cc(Cl)c(-c4cccc5sc(N)c(C#N)c45)c(F)c3OCC[C@H]2C1. The zero-order valence-corrected chi connectivity index (χ0v) is 20.2. The van der Waals surface area contributed by atoms with Crippen molar-refractivity contribution >= 4 is 43.9 Å². The Labute approximate surface area is 210 Å². The molecule has 0 bridgehead atoms. The van der Waals surface area contributed by atoms with Crippen LogP contribution in [0.25, 0.3) is 21.2 Å². The molecule has 2 aliphatic heterocycles. The molecule has 5 rings (SSSR count). The van der Waals surface area contributed by atoms with E-state index < -0.39 is 12.0 Å². The number of nitrogen functional groups attached to an aromatic ring is 1. The molecule has 0 radical (unpaired) electrons. The summed E-state index contributed by atoms with van der Waals surface area (Å²) in [5.74, 6) is -1.28. The number of nitrogens with two attached hydrogens (primary N) is 1. The Kier molecular flexibility index (Phi) is 6.15. The average Bonchev–Trinajstić information content (AvgIpc) is 3.18. The van der Waals surface area contributed by atoms with Gasteiger partial charge in [0, 0.05) is 47.7 Å². The van der Waals surface area contributed by atoms with Gasteiger partial charge >= 0.3 is 0 Å². The summed E-state index contributed by atoms with van der Waals surface area (Å²) < 4.78 is 22.6. The fourth-order valence-electron chi connectivity index (χ4n) is 4.87. The zero-order valence-electron chi connectivity index (χ0n) is 18.6. The second-order valence-electron chi connectivity index (χ2n) is 8.49. The van der Waals surface area contributed by atoms with Gasteiger partial charge in [-0.3, -0.25) is 9.69 Å². The molecule has 180 valence electrons. The van der Waals surface area contributed by atoms with Gasteiger partial charge in [-0.05, 0) is 23.8 Å². The molecule has 1 unspecified atom stereocenters. The van der Waals surface area contributed by atoms with Crippen LogP contribution in [-0.2, 0) is 0 Å². The van der Waals surface area contributed by atoms with Crippen molar-refractivity contribution in [2.75, 3.05) is 32.0 Å². The number of aliphatic hydroxyl groups is 1. The highest BCUT2D eigenvalue weighted by Crippen LogP contribution is 2.45. The highest BCUT2D eigenvalue weighted by Gasteiger charge is 2.37. The minimum atomic E-state index is -0.799. The van der Waals surface area contributed by atoms with Crippen LogP contribution in [0.4, 0.5) is 9.39 Å². The van der Waals surface area contributed by atoms with Crippen LogP contribution in [-0.4, -0.2) is 59.3 Å². The number of benzene rings is 2. The standard InChI is InChI=1S/C25H22ClFN4O3S/c1-2-19(32)30-7-8-31-13(12-30)6-9-34-23-15(25(31)33)10-17(26)21(22(23)27)14-4-3-5-18-20(14)16(11-28)24(29)35-18/h2-5,10,13,19,32H,1,6-9,12,29H2/t13-,19?/m0/s1. The number of rotatable bonds is 3. The number of carbonyl (C=O) groups excluding carboxylic acids is 1. The van der Waals surface area contributed by atoms with Gasteiger partial charge in [-0.15, -0.1) is 11.3 Å². The molecule has 10 heteroatoms. The number of piperazine rings is 1. The van der Waals surface area contributed by atoms with Crippen LogP contribution in [0, 0.1) is 17.1 Å². The van der Waals surface area contributed by atoms with Gasteiger partial charge in [0.05, 0.1) is 22.8 Å². The van der Waals surface area contributed by atoms with Gasteiger partial charge in [0.15, 0.2) is 11.6 Å². The molecule has 7 nitrogen and oxygen atoms in total. The molecule has 0 aliphatic carbocycles. The Morgan fingerprint density at radius 3 is 2.94 bits per heavy atom. The first-order chi connectivity index (χ1) is 16.8. The van der Waals surface area contributed by atoms with Gasteiger partial charge in [-0.2, -0.15) is 5.26 Å². The van der Waals surface area contributed by atoms with E-state index in [4.69, 9.17) is 22.1 Å². The number of amides is 1. The number of hydrogen-bond donors (Lipinski definition) is 2. The Balaban J connectivity index is 1.60. The summed E-state index contributed by atoms with van der Waals surface area (Å²) in [6, 6.07) is 8.56. The van der Waals surface area contributed by atoms with Gasteiger partial charge < -0.3 is 20.5 Å². The fraction of sp³-hybridized carbons (Fsp3) is 0.280. The zero-order chi connectivity index (χ0) is 24.9. The van der Waals surface area contributed by atoms with Crippen molar-refractivity contribution in [3.63, 3.8) is 0 Å². The Hall–Kier alpha value is -3.16. The predicted molar refractivity (Wildman–Crippen MR) is 134 cm³/mol. The van der Waals surface area contributed by atoms with Crippen molar-refractivity contribution in [2.24, 2.45) is 0 Å². The number of aliphatic hydroxyl groups excluding tert-OH is 1. The van der Waals surface area contributed by atoms with E-state index in [-0.39, 0.29) is 46.0 Å². The molecule has 1 amide bonds. The largest absolute Gasteiger partial charge is 0.490 e. The van der Waals surface area contributed by atoms with E-state index in [0.29, 0.717) is 42.0 Å². The summed E-state index contributed by atoms with van der Waals surface area (Å²) in [6.07, 6.45) is 1.12. The third kappa shape index (κ3) is 3.83. The van der Waals surface area contributed by atoms with E-state index in [1.807, 2.05) is 11.0 Å². The van der Waals surface area contributed by atoms with Crippen molar-refractivity contribution < 1.29 is 19.0 Å². The summed E-state index contributed by atoms with van der Waals surface area (Å²) in [4.78, 5) is 17.0. The van der Waals surface area contributed by atoms with Gasteiger partial charge in [0.25, 0.3) is 5.91 Å². The second-order valence-corrected chi connectivity index (χ2v) is 9.98. The third-order valence-electron chi connectivity index (χ3n) is 6.58.